The largest absolute Gasteiger partial charge is 0.497 e. The molecule has 1 amide bonds. The summed E-state index contributed by atoms with van der Waals surface area (Å²) in [5, 5.41) is 0. The first-order valence-corrected chi connectivity index (χ1v) is 6.42. The molecule has 1 aliphatic heterocycles. The van der Waals surface area contributed by atoms with Crippen LogP contribution in [0.2, 0.25) is 0 Å². The second-order valence-corrected chi connectivity index (χ2v) is 4.85. The molecule has 1 fully saturated rings. The molecule has 0 saturated carbocycles. The van der Waals surface area contributed by atoms with Crippen molar-refractivity contribution in [2.75, 3.05) is 13.7 Å². The summed E-state index contributed by atoms with van der Waals surface area (Å²) in [6.07, 6.45) is -3.18. The van der Waals surface area contributed by atoms with Crippen molar-refractivity contribution in [3.8, 4) is 5.75 Å². The Morgan fingerprint density at radius 2 is 2.20 bits per heavy atom. The lowest BCUT2D eigenvalue weighted by molar-refractivity contribution is -0.186. The number of alkyl halides is 3. The van der Waals surface area contributed by atoms with Gasteiger partial charge in [0.1, 0.15) is 5.75 Å². The van der Waals surface area contributed by atoms with E-state index in [-0.39, 0.29) is 6.54 Å². The topological polar surface area (TPSA) is 29.5 Å². The fraction of sp³-hybridized carbons (Fsp3) is 0.500. The predicted octanol–water partition coefficient (Wildman–Crippen LogP) is 2.79. The van der Waals surface area contributed by atoms with Crippen LogP contribution in [0.5, 0.6) is 5.75 Å². The summed E-state index contributed by atoms with van der Waals surface area (Å²) in [6.45, 7) is 0.174. The maximum absolute atomic E-state index is 12.5. The number of carbonyl (C=O) groups excluding carboxylic acids is 1. The van der Waals surface area contributed by atoms with Crippen LogP contribution in [0.4, 0.5) is 13.2 Å². The predicted molar refractivity (Wildman–Crippen MR) is 67.5 cm³/mol. The van der Waals surface area contributed by atoms with E-state index in [0.717, 1.165) is 10.5 Å². The molecule has 0 aromatic heterocycles. The Labute approximate surface area is 115 Å². The minimum Gasteiger partial charge on any atom is -0.497 e. The monoisotopic (exact) mass is 287 g/mol. The van der Waals surface area contributed by atoms with Crippen LogP contribution in [0, 0.1) is 0 Å². The Kier molecular flexibility index (Phi) is 4.20. The second kappa shape index (κ2) is 5.73. The molecule has 20 heavy (non-hydrogen) atoms. The highest BCUT2D eigenvalue weighted by molar-refractivity contribution is 5.82. The number of carbonyl (C=O) groups is 1. The quantitative estimate of drug-likeness (QED) is 0.855. The van der Waals surface area contributed by atoms with Gasteiger partial charge in [0, 0.05) is 12.6 Å². The highest BCUT2D eigenvalue weighted by Crippen LogP contribution is 2.28. The second-order valence-electron chi connectivity index (χ2n) is 4.85. The summed E-state index contributed by atoms with van der Waals surface area (Å²) in [7, 11) is 1.54. The number of hydrogen-bond acceptors (Lipinski definition) is 2. The maximum atomic E-state index is 12.5. The van der Waals surface area contributed by atoms with E-state index in [1.807, 2.05) is 6.07 Å². The van der Waals surface area contributed by atoms with Gasteiger partial charge in [-0.15, -0.1) is 0 Å². The summed E-state index contributed by atoms with van der Waals surface area (Å²) < 4.78 is 42.6. The lowest BCUT2D eigenvalue weighted by Crippen LogP contribution is -2.44. The van der Waals surface area contributed by atoms with Crippen molar-refractivity contribution in [2.45, 2.75) is 31.5 Å². The molecule has 0 bridgehead atoms. The van der Waals surface area contributed by atoms with Crippen molar-refractivity contribution < 1.29 is 22.7 Å². The van der Waals surface area contributed by atoms with E-state index in [4.69, 9.17) is 4.74 Å². The summed E-state index contributed by atoms with van der Waals surface area (Å²) in [5.74, 6) is -1.07. The molecule has 3 nitrogen and oxygen atoms in total. The van der Waals surface area contributed by atoms with Gasteiger partial charge in [-0.1, -0.05) is 12.1 Å². The lowest BCUT2D eigenvalue weighted by Gasteiger charge is -2.25. The van der Waals surface area contributed by atoms with Crippen molar-refractivity contribution in [3.63, 3.8) is 0 Å². The highest BCUT2D eigenvalue weighted by Gasteiger charge is 2.45. The molecule has 1 saturated heterocycles. The van der Waals surface area contributed by atoms with Crippen molar-refractivity contribution in [1.29, 1.82) is 0 Å². The molecule has 0 spiro atoms. The van der Waals surface area contributed by atoms with E-state index >= 15 is 0 Å². The molecule has 2 rings (SSSR count). The van der Waals surface area contributed by atoms with Gasteiger partial charge in [-0.25, -0.2) is 0 Å². The minimum absolute atomic E-state index is 0.174. The van der Waals surface area contributed by atoms with Gasteiger partial charge in [0.15, 0.2) is 0 Å². The minimum atomic E-state index is -4.79. The standard InChI is InChI=1S/C14H16F3NO2/c1-20-12-6-2-4-10(9-12)8-11-5-3-7-18(11)13(19)14(15,16)17/h2,4,6,9,11H,3,5,7-8H2,1H3. The van der Waals surface area contributed by atoms with Gasteiger partial charge < -0.3 is 9.64 Å². The van der Waals surface area contributed by atoms with Crippen LogP contribution in [0.25, 0.3) is 0 Å². The van der Waals surface area contributed by atoms with Crippen molar-refractivity contribution >= 4 is 5.91 Å². The van der Waals surface area contributed by atoms with E-state index in [1.165, 1.54) is 7.11 Å². The molecule has 0 radical (unpaired) electrons. The van der Waals surface area contributed by atoms with Gasteiger partial charge in [0.2, 0.25) is 0 Å². The molecule has 0 N–H and O–H groups in total. The van der Waals surface area contributed by atoms with Crippen molar-refractivity contribution in [1.82, 2.24) is 4.90 Å². The number of ether oxygens (including phenoxy) is 1. The SMILES string of the molecule is COc1cccc(CC2CCCN2C(=O)C(F)(F)F)c1. The molecule has 1 aromatic carbocycles. The molecular formula is C14H16F3NO2. The third-order valence-corrected chi connectivity index (χ3v) is 3.49. The van der Waals surface area contributed by atoms with Crippen molar-refractivity contribution in [2.24, 2.45) is 0 Å². The molecule has 1 heterocycles. The van der Waals surface area contributed by atoms with E-state index in [0.29, 0.717) is 25.0 Å². The average Bonchev–Trinajstić information content (AvgIpc) is 2.85. The summed E-state index contributed by atoms with van der Waals surface area (Å²) in [4.78, 5) is 12.3. The molecule has 1 atom stereocenters. The van der Waals surface area contributed by atoms with E-state index in [1.54, 1.807) is 18.2 Å². The zero-order valence-electron chi connectivity index (χ0n) is 11.1. The Morgan fingerprint density at radius 3 is 2.85 bits per heavy atom. The number of halogens is 3. The molecule has 6 heteroatoms. The Morgan fingerprint density at radius 1 is 1.45 bits per heavy atom. The van der Waals surface area contributed by atoms with Gasteiger partial charge in [-0.3, -0.25) is 4.79 Å². The van der Waals surface area contributed by atoms with Gasteiger partial charge in [-0.05, 0) is 37.0 Å². The third-order valence-electron chi connectivity index (χ3n) is 3.49. The molecule has 1 unspecified atom stereocenters. The lowest BCUT2D eigenvalue weighted by atomic mass is 10.0. The number of amides is 1. The zero-order chi connectivity index (χ0) is 14.8. The van der Waals surface area contributed by atoms with Crippen LogP contribution in [0.15, 0.2) is 24.3 Å². The van der Waals surface area contributed by atoms with Crippen LogP contribution in [0.1, 0.15) is 18.4 Å². The Hall–Kier alpha value is -1.72. The number of rotatable bonds is 3. The van der Waals surface area contributed by atoms with Crippen molar-refractivity contribution in [3.05, 3.63) is 29.8 Å². The number of likely N-dealkylation sites (tertiary alicyclic amines) is 1. The van der Waals surface area contributed by atoms with E-state index in [9.17, 15) is 18.0 Å². The normalized spacial score (nSPS) is 19.2. The fourth-order valence-corrected chi connectivity index (χ4v) is 2.55. The van der Waals surface area contributed by atoms with Gasteiger partial charge in [-0.2, -0.15) is 13.2 Å². The Bertz CT molecular complexity index is 488. The molecular weight excluding hydrogens is 271 g/mol. The summed E-state index contributed by atoms with van der Waals surface area (Å²) in [5.41, 5.74) is 0.872. The number of nitrogens with zero attached hydrogens (tertiary/aromatic N) is 1. The van der Waals surface area contributed by atoms with Gasteiger partial charge >= 0.3 is 12.1 Å². The highest BCUT2D eigenvalue weighted by atomic mass is 19.4. The zero-order valence-corrected chi connectivity index (χ0v) is 11.1. The fourth-order valence-electron chi connectivity index (χ4n) is 2.55. The van der Waals surface area contributed by atoms with Crippen LogP contribution in [-0.2, 0) is 11.2 Å². The van der Waals surface area contributed by atoms with Gasteiger partial charge in [0.05, 0.1) is 7.11 Å². The third kappa shape index (κ3) is 3.23. The van der Waals surface area contributed by atoms with E-state index < -0.39 is 18.1 Å². The summed E-state index contributed by atoms with van der Waals surface area (Å²) >= 11 is 0. The Balaban J connectivity index is 2.09. The number of benzene rings is 1. The molecule has 110 valence electrons. The van der Waals surface area contributed by atoms with Crippen LogP contribution < -0.4 is 4.74 Å². The van der Waals surface area contributed by atoms with Crippen LogP contribution >= 0.6 is 0 Å². The van der Waals surface area contributed by atoms with Crippen LogP contribution in [0.3, 0.4) is 0 Å². The first-order chi connectivity index (χ1) is 9.41. The average molecular weight is 287 g/mol. The molecule has 1 aromatic rings. The smallest absolute Gasteiger partial charge is 0.471 e. The first kappa shape index (κ1) is 14.7. The van der Waals surface area contributed by atoms with Crippen LogP contribution in [-0.4, -0.2) is 36.7 Å². The number of methoxy groups -OCH3 is 1. The molecule has 1 aliphatic rings. The molecule has 0 aliphatic carbocycles. The summed E-state index contributed by atoms with van der Waals surface area (Å²) in [6, 6.07) is 6.79. The van der Waals surface area contributed by atoms with E-state index in [2.05, 4.69) is 0 Å². The number of hydrogen-bond donors (Lipinski definition) is 0. The first-order valence-electron chi connectivity index (χ1n) is 6.42. The van der Waals surface area contributed by atoms with Gasteiger partial charge in [0.25, 0.3) is 0 Å². The maximum Gasteiger partial charge on any atom is 0.471 e.